The van der Waals surface area contributed by atoms with Crippen molar-refractivity contribution in [1.29, 1.82) is 0 Å². The molecule has 3 aliphatic rings. The number of rotatable bonds is 7. The Labute approximate surface area is 394 Å². The molecule has 0 fully saturated rings. The zero-order valence-electron chi connectivity index (χ0n) is 41.6. The second-order valence-electron chi connectivity index (χ2n) is 18.1. The van der Waals surface area contributed by atoms with Gasteiger partial charge >= 0.3 is 0 Å². The first-order valence-corrected chi connectivity index (χ1v) is 22.7. The normalized spacial score (nSPS) is 16.4. The van der Waals surface area contributed by atoms with Gasteiger partial charge in [-0.1, -0.05) is 190 Å². The van der Waals surface area contributed by atoms with Crippen LogP contribution in [-0.4, -0.2) is 0 Å². The Bertz CT molecular complexity index is 3790. The van der Waals surface area contributed by atoms with E-state index in [-0.39, 0.29) is 35.3 Å². The van der Waals surface area contributed by atoms with Crippen molar-refractivity contribution in [2.24, 2.45) is 0 Å². The number of anilines is 6. The lowest BCUT2D eigenvalue weighted by atomic mass is 9.70. The van der Waals surface area contributed by atoms with E-state index in [0.717, 1.165) is 72.7 Å². The molecule has 0 heterocycles. The molecule has 10 aromatic carbocycles. The van der Waals surface area contributed by atoms with Crippen LogP contribution in [0, 0.1) is 0 Å². The van der Waals surface area contributed by atoms with Crippen LogP contribution in [0.1, 0.15) is 54.1 Å². The van der Waals surface area contributed by atoms with Crippen molar-refractivity contribution in [2.75, 3.05) is 9.80 Å². The van der Waals surface area contributed by atoms with Gasteiger partial charge in [-0.05, 0) is 139 Å². The molecule has 66 heavy (non-hydrogen) atoms. The Hall–Kier alpha value is -8.20. The average molecular weight is 848 g/mol. The van der Waals surface area contributed by atoms with E-state index in [0.29, 0.717) is 11.4 Å². The number of hydrogen-bond acceptors (Lipinski definition) is 2. The third-order valence-corrected chi connectivity index (χ3v) is 14.4. The fourth-order valence-electron chi connectivity index (χ4n) is 11.5. The second-order valence-corrected chi connectivity index (χ2v) is 18.1. The summed E-state index contributed by atoms with van der Waals surface area (Å²) in [5.41, 5.74) is 20.0. The van der Waals surface area contributed by atoms with Crippen LogP contribution in [0.3, 0.4) is 0 Å². The fraction of sp³-hybridized carbons (Fsp3) is 0.0625. The molecule has 1 atom stereocenters. The first-order chi connectivity index (χ1) is 34.6. The molecule has 2 heteroatoms. The second kappa shape index (κ2) is 14.7. The minimum Gasteiger partial charge on any atom is -0.310 e. The van der Waals surface area contributed by atoms with Crippen LogP contribution in [-0.2, 0) is 10.8 Å². The number of hydrogen-bond donors (Lipinski definition) is 0. The molecule has 0 N–H and O–H groups in total. The summed E-state index contributed by atoms with van der Waals surface area (Å²) >= 11 is 0. The maximum Gasteiger partial charge on any atom is 0.0727 e. The Morgan fingerprint density at radius 1 is 0.318 bits per heavy atom. The average Bonchev–Trinajstić information content (AvgIpc) is 3.97. The zero-order valence-corrected chi connectivity index (χ0v) is 36.6. The molecule has 0 saturated heterocycles. The third-order valence-electron chi connectivity index (χ3n) is 14.4. The number of nitrogens with zero attached hydrogens (tertiary/aromatic N) is 2. The lowest BCUT2D eigenvalue weighted by Crippen LogP contribution is -2.26. The first-order valence-electron chi connectivity index (χ1n) is 25.2. The standard InChI is InChI=1S/C64H46N2/c1-63(2)56-30-16-12-29-52(56)55-40-46(36-39-57(55)63)66(62-33-19-15-26-49(62)43-20-6-3-7-21-43)48-35-38-54-51-28-14-18-32-59(51)64(61(54)42-48)58-31-17-13-27-50(58)53-37-34-47(41-60(53)64)65(44-22-8-4-9-23-44)45-24-10-5-11-25-45/h3-42H,1-2H3/i4D,8D,9D,22D,23D. The molecule has 0 saturated carbocycles. The highest BCUT2D eigenvalue weighted by atomic mass is 15.1. The summed E-state index contributed by atoms with van der Waals surface area (Å²) in [6.07, 6.45) is 0. The summed E-state index contributed by atoms with van der Waals surface area (Å²) < 4.78 is 44.4. The molecule has 0 aliphatic heterocycles. The van der Waals surface area contributed by atoms with E-state index in [1.54, 1.807) is 0 Å². The van der Waals surface area contributed by atoms with Crippen LogP contribution in [0.4, 0.5) is 34.1 Å². The molecular weight excluding hydrogens is 797 g/mol. The van der Waals surface area contributed by atoms with Gasteiger partial charge in [-0.3, -0.25) is 0 Å². The van der Waals surface area contributed by atoms with Gasteiger partial charge in [0.25, 0.3) is 0 Å². The fourth-order valence-corrected chi connectivity index (χ4v) is 11.5. The van der Waals surface area contributed by atoms with E-state index in [1.807, 2.05) is 41.3 Å². The quantitative estimate of drug-likeness (QED) is 0.158. The van der Waals surface area contributed by atoms with Gasteiger partial charge in [-0.25, -0.2) is 0 Å². The Kier molecular flexibility index (Phi) is 7.41. The Balaban J connectivity index is 1.08. The molecule has 1 spiro atoms. The third kappa shape index (κ3) is 5.48. The van der Waals surface area contributed by atoms with Crippen molar-refractivity contribution in [3.8, 4) is 44.5 Å². The van der Waals surface area contributed by atoms with E-state index >= 15 is 0 Å². The topological polar surface area (TPSA) is 6.48 Å². The highest BCUT2D eigenvalue weighted by molar-refractivity contribution is 5.99. The summed E-state index contributed by atoms with van der Waals surface area (Å²) in [5.74, 6) is 0. The molecule has 0 bridgehead atoms. The van der Waals surface area contributed by atoms with Crippen LogP contribution in [0.15, 0.2) is 243 Å². The van der Waals surface area contributed by atoms with E-state index in [1.165, 1.54) is 22.3 Å². The summed E-state index contributed by atoms with van der Waals surface area (Å²) in [4.78, 5) is 4.26. The number of fused-ring (bicyclic) bond motifs is 13. The van der Waals surface area contributed by atoms with Gasteiger partial charge in [0.1, 0.15) is 0 Å². The predicted molar refractivity (Wildman–Crippen MR) is 275 cm³/mol. The zero-order chi connectivity index (χ0) is 48.3. The van der Waals surface area contributed by atoms with Crippen molar-refractivity contribution < 1.29 is 6.85 Å². The minimum atomic E-state index is -0.794. The van der Waals surface area contributed by atoms with Gasteiger partial charge in [0.05, 0.1) is 18.0 Å². The molecule has 0 amide bonds. The van der Waals surface area contributed by atoms with Crippen LogP contribution < -0.4 is 9.80 Å². The summed E-state index contributed by atoms with van der Waals surface area (Å²) in [6.45, 7) is 4.65. The van der Waals surface area contributed by atoms with Gasteiger partial charge in [-0.2, -0.15) is 0 Å². The van der Waals surface area contributed by atoms with Crippen LogP contribution in [0.5, 0.6) is 0 Å². The van der Waals surface area contributed by atoms with Crippen LogP contribution in [0.25, 0.3) is 44.5 Å². The molecule has 2 nitrogen and oxygen atoms in total. The molecule has 1 unspecified atom stereocenters. The van der Waals surface area contributed by atoms with Crippen molar-refractivity contribution in [2.45, 2.75) is 24.7 Å². The monoisotopic (exact) mass is 847 g/mol. The van der Waals surface area contributed by atoms with Gasteiger partial charge in [0.15, 0.2) is 0 Å². The number of benzene rings is 10. The van der Waals surface area contributed by atoms with Crippen LogP contribution >= 0.6 is 0 Å². The molecule has 0 aromatic heterocycles. The largest absolute Gasteiger partial charge is 0.310 e. The Morgan fingerprint density at radius 3 is 1.41 bits per heavy atom. The van der Waals surface area contributed by atoms with Crippen molar-refractivity contribution >= 4 is 34.1 Å². The highest BCUT2D eigenvalue weighted by Gasteiger charge is 2.52. The minimum absolute atomic E-state index is 0.0919. The molecule has 10 aromatic rings. The lowest BCUT2D eigenvalue weighted by Gasteiger charge is -2.34. The van der Waals surface area contributed by atoms with Gasteiger partial charge < -0.3 is 9.80 Å². The smallest absolute Gasteiger partial charge is 0.0727 e. The molecule has 312 valence electrons. The molecular formula is C64H46N2. The molecule has 3 aliphatic carbocycles. The van der Waals surface area contributed by atoms with E-state index in [4.69, 9.17) is 4.11 Å². The van der Waals surface area contributed by atoms with Crippen molar-refractivity contribution in [3.05, 3.63) is 276 Å². The Morgan fingerprint density at radius 2 is 0.773 bits per heavy atom. The highest BCUT2D eigenvalue weighted by Crippen LogP contribution is 2.64. The maximum atomic E-state index is 9.23. The van der Waals surface area contributed by atoms with E-state index in [2.05, 4.69) is 195 Å². The predicted octanol–water partition coefficient (Wildman–Crippen LogP) is 16.9. The maximum absolute atomic E-state index is 9.23. The number of para-hydroxylation sites is 3. The SMILES string of the molecule is [2H]c1c([2H])c([2H])c(N(c2ccccc2)c2ccc3c(c2)C2(c4ccccc4-c4ccc(N(c5ccc6c(c5)-c5ccccc5C6(C)C)c5ccccc5-c5ccccc5)cc42)c2ccccc2-3)c([2H])c1[2H]. The summed E-state index contributed by atoms with van der Waals surface area (Å²) in [7, 11) is 0. The lowest BCUT2D eigenvalue weighted by molar-refractivity contribution is 0.660. The van der Waals surface area contributed by atoms with Crippen molar-refractivity contribution in [1.82, 2.24) is 0 Å². The van der Waals surface area contributed by atoms with Crippen molar-refractivity contribution in [3.63, 3.8) is 0 Å². The summed E-state index contributed by atoms with van der Waals surface area (Å²) in [6, 6.07) is 73.8. The first kappa shape index (κ1) is 33.3. The van der Waals surface area contributed by atoms with E-state index in [9.17, 15) is 2.74 Å². The van der Waals surface area contributed by atoms with Crippen LogP contribution in [0.2, 0.25) is 0 Å². The molecule has 0 radical (unpaired) electrons. The summed E-state index contributed by atoms with van der Waals surface area (Å²) in [5, 5.41) is 0. The molecule has 13 rings (SSSR count). The van der Waals surface area contributed by atoms with E-state index < -0.39 is 11.5 Å². The van der Waals surface area contributed by atoms with Gasteiger partial charge in [0, 0.05) is 39.4 Å². The van der Waals surface area contributed by atoms with Gasteiger partial charge in [-0.15, -0.1) is 0 Å². The van der Waals surface area contributed by atoms with Gasteiger partial charge in [0.2, 0.25) is 0 Å².